The van der Waals surface area contributed by atoms with Crippen molar-refractivity contribution in [3.63, 3.8) is 0 Å². The van der Waals surface area contributed by atoms with Crippen molar-refractivity contribution in [1.29, 1.82) is 5.26 Å². The van der Waals surface area contributed by atoms with E-state index in [-0.39, 0.29) is 0 Å². The molecular formula is C12H18N6S. The molecule has 0 saturated carbocycles. The highest BCUT2D eigenvalue weighted by atomic mass is 32.2. The van der Waals surface area contributed by atoms with Gasteiger partial charge in [-0.25, -0.2) is 0 Å². The van der Waals surface area contributed by atoms with Crippen molar-refractivity contribution in [2.24, 2.45) is 4.99 Å². The summed E-state index contributed by atoms with van der Waals surface area (Å²) in [5.41, 5.74) is 2.95. The monoisotopic (exact) mass is 278 g/mol. The van der Waals surface area contributed by atoms with Crippen molar-refractivity contribution >= 4 is 17.7 Å². The third-order valence-electron chi connectivity index (χ3n) is 2.35. The molecule has 102 valence electrons. The number of aromatic nitrogens is 2. The lowest BCUT2D eigenvalue weighted by molar-refractivity contribution is 0.929. The molecule has 0 saturated heterocycles. The number of nitriles is 1. The van der Waals surface area contributed by atoms with E-state index in [2.05, 4.69) is 25.6 Å². The van der Waals surface area contributed by atoms with Crippen LogP contribution in [-0.2, 0) is 5.75 Å². The summed E-state index contributed by atoms with van der Waals surface area (Å²) in [7, 11) is 1.63. The molecule has 19 heavy (non-hydrogen) atoms. The van der Waals surface area contributed by atoms with Crippen molar-refractivity contribution in [1.82, 2.24) is 20.6 Å². The number of thioether (sulfide) groups is 1. The van der Waals surface area contributed by atoms with Crippen LogP contribution in [0.25, 0.3) is 0 Å². The normalized spacial score (nSPS) is 10.9. The molecule has 0 aromatic carbocycles. The number of guanidine groups is 1. The Hall–Kier alpha value is -1.81. The second kappa shape index (κ2) is 8.32. The van der Waals surface area contributed by atoms with Gasteiger partial charge >= 0.3 is 0 Å². The van der Waals surface area contributed by atoms with Crippen molar-refractivity contribution in [3.05, 3.63) is 23.3 Å². The molecule has 0 aliphatic carbocycles. The molecule has 1 heterocycles. The smallest absolute Gasteiger partial charge is 0.204 e. The molecule has 1 aromatic heterocycles. The first-order valence-corrected chi connectivity index (χ1v) is 7.05. The van der Waals surface area contributed by atoms with Crippen LogP contribution in [-0.4, -0.2) is 35.3 Å². The molecule has 0 amide bonds. The maximum atomic E-state index is 8.47. The maximum Gasteiger partial charge on any atom is 0.204 e. The van der Waals surface area contributed by atoms with Gasteiger partial charge in [0.1, 0.15) is 0 Å². The van der Waals surface area contributed by atoms with Gasteiger partial charge < -0.3 is 5.32 Å². The summed E-state index contributed by atoms with van der Waals surface area (Å²) in [5.74, 6) is 2.24. The quantitative estimate of drug-likeness (QED) is 0.274. The van der Waals surface area contributed by atoms with Gasteiger partial charge in [-0.15, -0.1) is 0 Å². The molecule has 0 aliphatic heterocycles. The molecule has 0 spiro atoms. The van der Waals surface area contributed by atoms with Gasteiger partial charge in [-0.1, -0.05) is 0 Å². The summed E-state index contributed by atoms with van der Waals surface area (Å²) >= 11 is 1.77. The van der Waals surface area contributed by atoms with Gasteiger partial charge in [0, 0.05) is 31.3 Å². The number of aryl methyl sites for hydroxylation is 2. The zero-order valence-electron chi connectivity index (χ0n) is 11.4. The third kappa shape index (κ3) is 5.57. The number of aliphatic imine (C=N–C) groups is 1. The fourth-order valence-electron chi connectivity index (χ4n) is 1.37. The molecule has 0 fully saturated rings. The van der Waals surface area contributed by atoms with Crippen LogP contribution in [0.15, 0.2) is 11.2 Å². The molecule has 0 radical (unpaired) electrons. The van der Waals surface area contributed by atoms with E-state index < -0.39 is 0 Å². The van der Waals surface area contributed by atoms with Crippen LogP contribution in [0.4, 0.5) is 0 Å². The molecule has 6 nitrogen and oxygen atoms in total. The van der Waals surface area contributed by atoms with Crippen LogP contribution >= 0.6 is 11.8 Å². The topological polar surface area (TPSA) is 86.0 Å². The first-order chi connectivity index (χ1) is 9.17. The lowest BCUT2D eigenvalue weighted by atomic mass is 10.3. The molecule has 1 rings (SSSR count). The minimum atomic E-state index is 0.495. The average Bonchev–Trinajstić information content (AvgIpc) is 2.41. The number of hydrogen-bond donors (Lipinski definition) is 2. The number of nitrogens with zero attached hydrogens (tertiary/aromatic N) is 4. The van der Waals surface area contributed by atoms with E-state index in [9.17, 15) is 0 Å². The zero-order chi connectivity index (χ0) is 14.1. The Morgan fingerprint density at radius 3 is 3.00 bits per heavy atom. The molecular weight excluding hydrogens is 260 g/mol. The van der Waals surface area contributed by atoms with Crippen LogP contribution in [0.5, 0.6) is 0 Å². The number of hydrogen-bond acceptors (Lipinski definition) is 5. The summed E-state index contributed by atoms with van der Waals surface area (Å²) in [4.78, 5) is 12.7. The van der Waals surface area contributed by atoms with E-state index in [4.69, 9.17) is 5.26 Å². The van der Waals surface area contributed by atoms with E-state index in [1.165, 1.54) is 0 Å². The van der Waals surface area contributed by atoms with E-state index in [0.717, 1.165) is 35.1 Å². The Balaban J connectivity index is 2.28. The number of nitrogens with one attached hydrogen (secondary N) is 2. The van der Waals surface area contributed by atoms with Crippen molar-refractivity contribution < 1.29 is 0 Å². The molecule has 0 aliphatic rings. The highest BCUT2D eigenvalue weighted by Crippen LogP contribution is 2.12. The van der Waals surface area contributed by atoms with Crippen LogP contribution in [0, 0.1) is 25.3 Å². The summed E-state index contributed by atoms with van der Waals surface area (Å²) in [6, 6.07) is 0. The van der Waals surface area contributed by atoms with Gasteiger partial charge in [0.25, 0.3) is 0 Å². The second-order valence-corrected chi connectivity index (χ2v) is 4.94. The largest absolute Gasteiger partial charge is 0.355 e. The SMILES string of the molecule is C/N=C(\NC#N)NCCSCc1nc(C)cnc1C. The van der Waals surface area contributed by atoms with Gasteiger partial charge in [0.2, 0.25) is 5.96 Å². The fourth-order valence-corrected chi connectivity index (χ4v) is 2.22. The van der Waals surface area contributed by atoms with Gasteiger partial charge in [0.05, 0.1) is 17.1 Å². The van der Waals surface area contributed by atoms with Crippen molar-refractivity contribution in [2.45, 2.75) is 19.6 Å². The van der Waals surface area contributed by atoms with Gasteiger partial charge in [-0.3, -0.25) is 20.3 Å². The van der Waals surface area contributed by atoms with Crippen molar-refractivity contribution in [2.75, 3.05) is 19.3 Å². The fraction of sp³-hybridized carbons (Fsp3) is 0.500. The Morgan fingerprint density at radius 2 is 2.32 bits per heavy atom. The molecule has 0 unspecified atom stereocenters. The van der Waals surface area contributed by atoms with E-state index in [1.54, 1.807) is 25.0 Å². The maximum absolute atomic E-state index is 8.47. The Bertz CT molecular complexity index is 480. The van der Waals surface area contributed by atoms with Crippen LogP contribution in [0.3, 0.4) is 0 Å². The predicted molar refractivity (Wildman–Crippen MR) is 77.8 cm³/mol. The Labute approximate surface area is 117 Å². The molecule has 7 heteroatoms. The van der Waals surface area contributed by atoms with Crippen LogP contribution in [0.2, 0.25) is 0 Å². The summed E-state index contributed by atoms with van der Waals surface area (Å²) in [5, 5.41) is 14.0. The molecule has 0 bridgehead atoms. The van der Waals surface area contributed by atoms with Crippen LogP contribution in [0.1, 0.15) is 17.1 Å². The first-order valence-electron chi connectivity index (χ1n) is 5.90. The van der Waals surface area contributed by atoms with Crippen LogP contribution < -0.4 is 10.6 Å². The second-order valence-electron chi connectivity index (χ2n) is 3.83. The van der Waals surface area contributed by atoms with E-state index in [0.29, 0.717) is 5.96 Å². The predicted octanol–water partition coefficient (Wildman–Crippen LogP) is 0.973. The molecule has 0 atom stereocenters. The number of rotatable bonds is 5. The highest BCUT2D eigenvalue weighted by molar-refractivity contribution is 7.98. The highest BCUT2D eigenvalue weighted by Gasteiger charge is 2.02. The Kier molecular flexibility index (Phi) is 6.68. The van der Waals surface area contributed by atoms with Gasteiger partial charge in [-0.2, -0.15) is 17.0 Å². The lowest BCUT2D eigenvalue weighted by Crippen LogP contribution is -2.35. The summed E-state index contributed by atoms with van der Waals surface area (Å²) in [6.45, 7) is 4.66. The summed E-state index contributed by atoms with van der Waals surface area (Å²) in [6.07, 6.45) is 3.61. The Morgan fingerprint density at radius 1 is 1.53 bits per heavy atom. The standard InChI is InChI=1S/C12H18N6S/c1-9-6-16-10(2)11(18-9)7-19-5-4-15-12(14-3)17-8-13/h6H,4-5,7H2,1-3H3,(H2,14,15,17). The van der Waals surface area contributed by atoms with E-state index in [1.807, 2.05) is 20.0 Å². The van der Waals surface area contributed by atoms with Crippen molar-refractivity contribution in [3.8, 4) is 6.19 Å². The first kappa shape index (κ1) is 15.2. The summed E-state index contributed by atoms with van der Waals surface area (Å²) < 4.78 is 0. The molecule has 2 N–H and O–H groups in total. The lowest BCUT2D eigenvalue weighted by Gasteiger charge is -2.07. The third-order valence-corrected chi connectivity index (χ3v) is 3.32. The zero-order valence-corrected chi connectivity index (χ0v) is 12.2. The average molecular weight is 278 g/mol. The molecule has 1 aromatic rings. The minimum Gasteiger partial charge on any atom is -0.355 e. The minimum absolute atomic E-state index is 0.495. The van der Waals surface area contributed by atoms with Gasteiger partial charge in [-0.05, 0) is 13.8 Å². The van der Waals surface area contributed by atoms with Gasteiger partial charge in [0.15, 0.2) is 6.19 Å². The van der Waals surface area contributed by atoms with E-state index >= 15 is 0 Å².